The molecule has 2 atom stereocenters. The first-order valence-corrected chi connectivity index (χ1v) is 11.7. The predicted octanol–water partition coefficient (Wildman–Crippen LogP) is 4.15. The van der Waals surface area contributed by atoms with Crippen molar-refractivity contribution >= 4 is 29.1 Å². The number of hydrogen-bond acceptors (Lipinski definition) is 6. The van der Waals surface area contributed by atoms with Crippen LogP contribution in [0.1, 0.15) is 50.7 Å². The Morgan fingerprint density at radius 2 is 1.83 bits per heavy atom. The Bertz CT molecular complexity index is 1020. The fraction of sp³-hybridized carbons (Fsp3) is 0.435. The Labute approximate surface area is 181 Å². The summed E-state index contributed by atoms with van der Waals surface area (Å²) in [6.07, 6.45) is 3.32. The Balaban J connectivity index is 1.84. The van der Waals surface area contributed by atoms with Gasteiger partial charge in [-0.1, -0.05) is 36.9 Å². The van der Waals surface area contributed by atoms with E-state index in [-0.39, 0.29) is 23.2 Å². The van der Waals surface area contributed by atoms with Gasteiger partial charge in [0.1, 0.15) is 11.6 Å². The monoisotopic (exact) mass is 424 g/mol. The van der Waals surface area contributed by atoms with Crippen LogP contribution < -0.4 is 15.8 Å². The quantitative estimate of drug-likeness (QED) is 0.536. The van der Waals surface area contributed by atoms with E-state index < -0.39 is 0 Å². The van der Waals surface area contributed by atoms with Crippen LogP contribution in [0.15, 0.2) is 46.0 Å². The molecule has 1 aliphatic carbocycles. The number of allylic oxidation sites excluding steroid dienone is 2. The van der Waals surface area contributed by atoms with Gasteiger partial charge in [-0.2, -0.15) is 0 Å². The Morgan fingerprint density at radius 3 is 2.50 bits per heavy atom. The van der Waals surface area contributed by atoms with Crippen LogP contribution in [0.3, 0.4) is 0 Å². The third-order valence-corrected chi connectivity index (χ3v) is 6.69. The minimum absolute atomic E-state index is 0.168. The molecule has 2 heterocycles. The summed E-state index contributed by atoms with van der Waals surface area (Å²) in [4.78, 5) is 35.9. The molecule has 2 aromatic rings. The number of ketones is 1. The average Bonchev–Trinajstić information content (AvgIpc) is 2.74. The standard InChI is InChI=1S/C23H28N4O2S/c1-4-27(5-2)15-12-10-14(11-13-15)18-19-16(8-7-9-17(19)28)24-21-20(18)22(29)26-23(25-21)30-6-3/h8,10-13,18-19H,4-7,9H2,1-3H3,(H2,24,25,26,29)/t18-,19-/m1/s1. The molecule has 0 saturated carbocycles. The summed E-state index contributed by atoms with van der Waals surface area (Å²) in [5.74, 6) is 0.877. The van der Waals surface area contributed by atoms with Gasteiger partial charge in [0, 0.05) is 36.8 Å². The lowest BCUT2D eigenvalue weighted by atomic mass is 9.72. The number of H-pyrrole nitrogens is 1. The molecule has 30 heavy (non-hydrogen) atoms. The number of rotatable bonds is 6. The van der Waals surface area contributed by atoms with Crippen molar-refractivity contribution < 1.29 is 4.79 Å². The van der Waals surface area contributed by atoms with Crippen molar-refractivity contribution in [1.82, 2.24) is 9.97 Å². The highest BCUT2D eigenvalue weighted by Gasteiger charge is 2.42. The number of thioether (sulfide) groups is 1. The molecule has 2 aliphatic rings. The molecule has 0 radical (unpaired) electrons. The number of nitrogens with one attached hydrogen (secondary N) is 2. The SMILES string of the molecule is CCSc1nc2c(c(=O)[nH]1)[C@H](c1ccc(N(CC)CC)cc1)[C@H]1C(=O)CCC=C1N2. The van der Waals surface area contributed by atoms with Gasteiger partial charge >= 0.3 is 0 Å². The highest BCUT2D eigenvalue weighted by Crippen LogP contribution is 2.45. The number of aromatic nitrogens is 2. The molecule has 0 spiro atoms. The van der Waals surface area contributed by atoms with Crippen molar-refractivity contribution in [2.75, 3.05) is 29.1 Å². The van der Waals surface area contributed by atoms with E-state index in [1.165, 1.54) is 11.8 Å². The molecular weight excluding hydrogens is 396 g/mol. The van der Waals surface area contributed by atoms with E-state index >= 15 is 0 Å². The lowest BCUT2D eigenvalue weighted by Crippen LogP contribution is -2.38. The third kappa shape index (κ3) is 3.67. The molecule has 1 aliphatic heterocycles. The topological polar surface area (TPSA) is 78.1 Å². The summed E-state index contributed by atoms with van der Waals surface area (Å²) in [5.41, 5.74) is 3.39. The summed E-state index contributed by atoms with van der Waals surface area (Å²) in [6, 6.07) is 8.29. The van der Waals surface area contributed by atoms with Crippen LogP contribution in [0, 0.1) is 5.92 Å². The molecule has 0 unspecified atom stereocenters. The van der Waals surface area contributed by atoms with E-state index in [4.69, 9.17) is 0 Å². The molecule has 1 aromatic heterocycles. The van der Waals surface area contributed by atoms with Crippen molar-refractivity contribution in [2.24, 2.45) is 5.92 Å². The summed E-state index contributed by atoms with van der Waals surface area (Å²) < 4.78 is 0. The second kappa shape index (κ2) is 8.68. The van der Waals surface area contributed by atoms with Crippen molar-refractivity contribution in [3.63, 3.8) is 0 Å². The molecule has 0 amide bonds. The van der Waals surface area contributed by atoms with Gasteiger partial charge in [-0.25, -0.2) is 4.98 Å². The second-order valence-corrected chi connectivity index (χ2v) is 8.83. The summed E-state index contributed by atoms with van der Waals surface area (Å²) in [5, 5.41) is 3.91. The maximum Gasteiger partial charge on any atom is 0.257 e. The largest absolute Gasteiger partial charge is 0.372 e. The van der Waals surface area contributed by atoms with Gasteiger partial charge in [-0.3, -0.25) is 9.59 Å². The molecule has 2 N–H and O–H groups in total. The first kappa shape index (κ1) is 20.7. The van der Waals surface area contributed by atoms with Gasteiger partial charge < -0.3 is 15.2 Å². The molecule has 7 heteroatoms. The van der Waals surface area contributed by atoms with E-state index in [2.05, 4.69) is 64.4 Å². The van der Waals surface area contributed by atoms with Crippen molar-refractivity contribution in [3.05, 3.63) is 57.5 Å². The van der Waals surface area contributed by atoms with Gasteiger partial charge in [-0.15, -0.1) is 0 Å². The first-order valence-electron chi connectivity index (χ1n) is 10.7. The van der Waals surface area contributed by atoms with Gasteiger partial charge in [0.15, 0.2) is 5.16 Å². The lowest BCUT2D eigenvalue weighted by molar-refractivity contribution is -0.122. The van der Waals surface area contributed by atoms with E-state index in [1.54, 1.807) is 0 Å². The number of anilines is 2. The van der Waals surface area contributed by atoms with Crippen LogP contribution in [0.2, 0.25) is 0 Å². The van der Waals surface area contributed by atoms with Gasteiger partial charge in [0.2, 0.25) is 0 Å². The molecular formula is C23H28N4O2S. The van der Waals surface area contributed by atoms with E-state index in [1.807, 2.05) is 6.92 Å². The van der Waals surface area contributed by atoms with Crippen LogP contribution >= 0.6 is 11.8 Å². The number of nitrogens with zero attached hydrogens (tertiary/aromatic N) is 2. The number of aromatic amines is 1. The number of carbonyl (C=O) groups excluding carboxylic acids is 1. The summed E-state index contributed by atoms with van der Waals surface area (Å²) in [7, 11) is 0. The number of carbonyl (C=O) groups is 1. The van der Waals surface area contributed by atoms with Crippen LogP contribution in [-0.2, 0) is 4.79 Å². The smallest absolute Gasteiger partial charge is 0.257 e. The van der Waals surface area contributed by atoms with Crippen molar-refractivity contribution in [2.45, 2.75) is 44.7 Å². The number of benzene rings is 1. The van der Waals surface area contributed by atoms with Crippen LogP contribution in [-0.4, -0.2) is 34.6 Å². The van der Waals surface area contributed by atoms with Gasteiger partial charge in [-0.05, 0) is 43.7 Å². The normalized spacial score (nSPS) is 20.1. The second-order valence-electron chi connectivity index (χ2n) is 7.57. The number of hydrogen-bond donors (Lipinski definition) is 2. The van der Waals surface area contributed by atoms with Crippen LogP contribution in [0.4, 0.5) is 11.5 Å². The fourth-order valence-electron chi connectivity index (χ4n) is 4.51. The minimum Gasteiger partial charge on any atom is -0.372 e. The zero-order valence-corrected chi connectivity index (χ0v) is 18.5. The molecule has 158 valence electrons. The maximum atomic E-state index is 13.1. The third-order valence-electron chi connectivity index (χ3n) is 5.94. The van der Waals surface area contributed by atoms with Crippen LogP contribution in [0.25, 0.3) is 0 Å². The molecule has 4 rings (SSSR count). The Hall–Kier alpha value is -2.54. The highest BCUT2D eigenvalue weighted by atomic mass is 32.2. The van der Waals surface area contributed by atoms with Crippen LogP contribution in [0.5, 0.6) is 0 Å². The zero-order valence-electron chi connectivity index (χ0n) is 17.7. The van der Waals surface area contributed by atoms with E-state index in [0.29, 0.717) is 23.0 Å². The average molecular weight is 425 g/mol. The Morgan fingerprint density at radius 1 is 1.10 bits per heavy atom. The number of fused-ring (bicyclic) bond motifs is 2. The van der Waals surface area contributed by atoms with E-state index in [0.717, 1.165) is 42.2 Å². The predicted molar refractivity (Wildman–Crippen MR) is 123 cm³/mol. The first-order chi connectivity index (χ1) is 14.6. The highest BCUT2D eigenvalue weighted by molar-refractivity contribution is 7.99. The zero-order chi connectivity index (χ0) is 21.3. The summed E-state index contributed by atoms with van der Waals surface area (Å²) in [6.45, 7) is 8.16. The Kier molecular flexibility index (Phi) is 5.99. The maximum absolute atomic E-state index is 13.1. The molecule has 0 saturated heterocycles. The minimum atomic E-state index is -0.363. The molecule has 6 nitrogen and oxygen atoms in total. The van der Waals surface area contributed by atoms with Gasteiger partial charge in [0.05, 0.1) is 11.5 Å². The van der Waals surface area contributed by atoms with Crippen molar-refractivity contribution in [3.8, 4) is 0 Å². The summed E-state index contributed by atoms with van der Waals surface area (Å²) >= 11 is 1.50. The molecule has 0 bridgehead atoms. The van der Waals surface area contributed by atoms with Crippen molar-refractivity contribution in [1.29, 1.82) is 0 Å². The lowest BCUT2D eigenvalue weighted by Gasteiger charge is -2.36. The van der Waals surface area contributed by atoms with Gasteiger partial charge in [0.25, 0.3) is 5.56 Å². The fourth-order valence-corrected chi connectivity index (χ4v) is 5.11. The number of Topliss-reactive ketones (excluding diaryl/α,β-unsaturated/α-hetero) is 1. The van der Waals surface area contributed by atoms with E-state index in [9.17, 15) is 9.59 Å². The molecule has 1 aromatic carbocycles. The molecule has 0 fully saturated rings.